The number of hydrogen-bond donors (Lipinski definition) is 3. The van der Waals surface area contributed by atoms with Crippen LogP contribution in [0.2, 0.25) is 0 Å². The molecule has 0 spiro atoms. The number of carbonyl (C=O) groups excluding carboxylic acids is 1. The van der Waals surface area contributed by atoms with Gasteiger partial charge in [0.1, 0.15) is 5.82 Å². The highest BCUT2D eigenvalue weighted by Gasteiger charge is 2.26. The van der Waals surface area contributed by atoms with Gasteiger partial charge in [0.05, 0.1) is 25.0 Å². The van der Waals surface area contributed by atoms with Gasteiger partial charge in [0.2, 0.25) is 0 Å². The molecule has 4 N–H and O–H groups in total. The summed E-state index contributed by atoms with van der Waals surface area (Å²) in [6.07, 6.45) is 2.53. The van der Waals surface area contributed by atoms with E-state index in [2.05, 4.69) is 56.9 Å². The molecule has 2 aromatic carbocycles. The van der Waals surface area contributed by atoms with E-state index < -0.39 is 0 Å². The van der Waals surface area contributed by atoms with Crippen LogP contribution in [0.5, 0.6) is 0 Å². The Balaban J connectivity index is 1.67. The van der Waals surface area contributed by atoms with Crippen molar-refractivity contribution in [1.29, 1.82) is 0 Å². The van der Waals surface area contributed by atoms with Gasteiger partial charge in [0.15, 0.2) is 0 Å². The number of likely N-dealkylation sites (N-methyl/N-ethyl adjacent to an activating group) is 1. The number of hydrogen-bond acceptors (Lipinski definition) is 7. The molecule has 0 bridgehead atoms. The second-order valence-corrected chi connectivity index (χ2v) is 8.85. The Bertz CT molecular complexity index is 1010. The molecule has 1 aliphatic rings. The van der Waals surface area contributed by atoms with Gasteiger partial charge in [-0.1, -0.05) is 54.6 Å². The van der Waals surface area contributed by atoms with E-state index in [-0.39, 0.29) is 18.7 Å². The predicted octanol–water partition coefficient (Wildman–Crippen LogP) is 2.64. The summed E-state index contributed by atoms with van der Waals surface area (Å²) >= 11 is 0. The number of nitrogens with two attached hydrogens (primary N) is 1. The van der Waals surface area contributed by atoms with Gasteiger partial charge in [-0.05, 0) is 43.6 Å². The fourth-order valence-corrected chi connectivity index (χ4v) is 4.22. The van der Waals surface area contributed by atoms with Gasteiger partial charge in [0, 0.05) is 39.4 Å². The fraction of sp³-hybridized carbons (Fsp3) is 0.429. The molecule has 1 unspecified atom stereocenters. The average molecular weight is 493 g/mol. The highest BCUT2D eigenvalue weighted by molar-refractivity contribution is 6.12. The van der Waals surface area contributed by atoms with Crippen molar-refractivity contribution in [3.8, 4) is 0 Å². The zero-order valence-corrected chi connectivity index (χ0v) is 21.7. The quantitative estimate of drug-likeness (QED) is 0.372. The molecule has 0 saturated carbocycles. The van der Waals surface area contributed by atoms with Gasteiger partial charge in [-0.15, -0.1) is 0 Å². The monoisotopic (exact) mass is 492 g/mol. The zero-order chi connectivity index (χ0) is 25.8. The molecular weight excluding hydrogens is 452 g/mol. The van der Waals surface area contributed by atoms with Gasteiger partial charge >= 0.3 is 0 Å². The summed E-state index contributed by atoms with van der Waals surface area (Å²) in [4.78, 5) is 21.5. The summed E-state index contributed by atoms with van der Waals surface area (Å²) in [6, 6.07) is 18.7. The third kappa shape index (κ3) is 7.65. The third-order valence-electron chi connectivity index (χ3n) is 6.21. The number of nitrogens with one attached hydrogen (secondary N) is 2. The smallest absolute Gasteiger partial charge is 0.259 e. The fourth-order valence-electron chi connectivity index (χ4n) is 4.22. The number of ether oxygens (including phenoxy) is 1. The summed E-state index contributed by atoms with van der Waals surface area (Å²) in [5, 5.41) is 6.52. The van der Waals surface area contributed by atoms with E-state index in [0.717, 1.165) is 43.0 Å². The van der Waals surface area contributed by atoms with Crippen molar-refractivity contribution in [3.05, 3.63) is 82.7 Å². The molecule has 0 fully saturated rings. The minimum atomic E-state index is -0.0462. The molecule has 3 rings (SSSR count). The van der Waals surface area contributed by atoms with Crippen molar-refractivity contribution >= 4 is 12.1 Å². The maximum absolute atomic E-state index is 13.4. The minimum Gasteiger partial charge on any atom is -0.371 e. The van der Waals surface area contributed by atoms with E-state index in [0.29, 0.717) is 25.3 Å². The Morgan fingerprint density at radius 2 is 1.83 bits per heavy atom. The van der Waals surface area contributed by atoms with Gasteiger partial charge in [-0.2, -0.15) is 0 Å². The van der Waals surface area contributed by atoms with Gasteiger partial charge in [-0.25, -0.2) is 0 Å². The first-order valence-corrected chi connectivity index (χ1v) is 12.6. The lowest BCUT2D eigenvalue weighted by Gasteiger charge is -2.23. The van der Waals surface area contributed by atoms with Crippen LogP contribution in [0.4, 0.5) is 0 Å². The maximum Gasteiger partial charge on any atom is 0.259 e. The van der Waals surface area contributed by atoms with E-state index in [1.165, 1.54) is 5.56 Å². The first-order valence-electron chi connectivity index (χ1n) is 12.6. The number of carbonyl (C=O) groups is 1. The van der Waals surface area contributed by atoms with E-state index >= 15 is 0 Å². The van der Waals surface area contributed by atoms with Gasteiger partial charge in [-0.3, -0.25) is 9.79 Å². The summed E-state index contributed by atoms with van der Waals surface area (Å²) in [7, 11) is 3.94. The predicted molar refractivity (Wildman–Crippen MR) is 145 cm³/mol. The number of aliphatic imine (C=N–C) groups is 1. The minimum absolute atomic E-state index is 0.0383. The highest BCUT2D eigenvalue weighted by Crippen LogP contribution is 2.23. The molecule has 8 nitrogen and oxygen atoms in total. The number of amides is 1. The van der Waals surface area contributed by atoms with E-state index in [1.807, 2.05) is 44.1 Å². The van der Waals surface area contributed by atoms with E-state index in [1.54, 1.807) is 6.21 Å². The highest BCUT2D eigenvalue weighted by atomic mass is 16.5. The first kappa shape index (κ1) is 27.4. The molecule has 0 aliphatic carbocycles. The van der Waals surface area contributed by atoms with Gasteiger partial charge in [0.25, 0.3) is 5.91 Å². The first-order chi connectivity index (χ1) is 17.6. The van der Waals surface area contributed by atoms with Crippen LogP contribution in [0, 0.1) is 0 Å². The molecule has 1 aliphatic heterocycles. The van der Waals surface area contributed by atoms with Crippen LogP contribution < -0.4 is 16.4 Å². The van der Waals surface area contributed by atoms with Crippen LogP contribution >= 0.6 is 0 Å². The molecule has 0 saturated heterocycles. The third-order valence-corrected chi connectivity index (χ3v) is 6.21. The van der Waals surface area contributed by atoms with Crippen molar-refractivity contribution in [2.45, 2.75) is 32.6 Å². The van der Waals surface area contributed by atoms with Crippen molar-refractivity contribution in [3.63, 3.8) is 0 Å². The molecular formula is C28H40N6O2. The van der Waals surface area contributed by atoms with E-state index in [4.69, 9.17) is 10.5 Å². The summed E-state index contributed by atoms with van der Waals surface area (Å²) < 4.78 is 6.29. The molecule has 1 amide bonds. The SMILES string of the molecule is CCNC1=C(C=NCN)C(=O)N(Cc2ccc(COC(CCNC)c3ccccc3)cc2)CCN1C. The standard InChI is InChI=1S/C28H40N6O2/c1-4-32-27-25(18-31-21-29)28(35)34(17-16-33(27)3)19-22-10-12-23(13-11-22)20-36-26(14-15-30-2)24-8-6-5-7-9-24/h5-13,18,26,30,32H,4,14-17,19-21,29H2,1-3H3. The molecule has 1 atom stereocenters. The molecule has 0 aromatic heterocycles. The molecule has 194 valence electrons. The Labute approximate surface area is 215 Å². The van der Waals surface area contributed by atoms with Crippen LogP contribution in [-0.2, 0) is 22.7 Å². The van der Waals surface area contributed by atoms with Crippen LogP contribution in [0.25, 0.3) is 0 Å². The number of rotatable bonds is 13. The van der Waals surface area contributed by atoms with Crippen LogP contribution in [-0.4, -0.2) is 68.9 Å². The van der Waals surface area contributed by atoms with Crippen LogP contribution in [0.15, 0.2) is 71.0 Å². The Morgan fingerprint density at radius 3 is 2.50 bits per heavy atom. The maximum atomic E-state index is 13.4. The van der Waals surface area contributed by atoms with Crippen molar-refractivity contribution in [2.75, 3.05) is 46.9 Å². The number of benzene rings is 2. The van der Waals surface area contributed by atoms with Crippen molar-refractivity contribution in [2.24, 2.45) is 10.7 Å². The molecule has 1 heterocycles. The zero-order valence-electron chi connectivity index (χ0n) is 21.7. The summed E-state index contributed by atoms with van der Waals surface area (Å²) in [5.74, 6) is 0.746. The largest absolute Gasteiger partial charge is 0.371 e. The lowest BCUT2D eigenvalue weighted by Crippen LogP contribution is -2.34. The molecule has 2 aromatic rings. The van der Waals surface area contributed by atoms with E-state index in [9.17, 15) is 4.79 Å². The Kier molecular flexibility index (Phi) is 10.9. The summed E-state index contributed by atoms with van der Waals surface area (Å²) in [6.45, 7) is 6.18. The molecule has 36 heavy (non-hydrogen) atoms. The van der Waals surface area contributed by atoms with Crippen molar-refractivity contribution < 1.29 is 9.53 Å². The Hall–Kier alpha value is -3.20. The molecule has 8 heteroatoms. The summed E-state index contributed by atoms with van der Waals surface area (Å²) in [5.41, 5.74) is 9.48. The topological polar surface area (TPSA) is 95.2 Å². The molecule has 0 radical (unpaired) electrons. The van der Waals surface area contributed by atoms with Gasteiger partial charge < -0.3 is 30.9 Å². The lowest BCUT2D eigenvalue weighted by molar-refractivity contribution is -0.126. The van der Waals surface area contributed by atoms with Crippen LogP contribution in [0.3, 0.4) is 0 Å². The second kappa shape index (κ2) is 14.4. The number of nitrogens with zero attached hydrogens (tertiary/aromatic N) is 3. The van der Waals surface area contributed by atoms with Crippen LogP contribution in [0.1, 0.15) is 36.1 Å². The lowest BCUT2D eigenvalue weighted by atomic mass is 10.1. The average Bonchev–Trinajstić information content (AvgIpc) is 3.01. The Morgan fingerprint density at radius 1 is 1.11 bits per heavy atom. The second-order valence-electron chi connectivity index (χ2n) is 8.85. The van der Waals surface area contributed by atoms with Crippen molar-refractivity contribution in [1.82, 2.24) is 20.4 Å². The normalized spacial score (nSPS) is 15.5.